The van der Waals surface area contributed by atoms with Crippen molar-refractivity contribution in [2.75, 3.05) is 0 Å². The fourth-order valence-electron chi connectivity index (χ4n) is 1.31. The highest BCUT2D eigenvalue weighted by atomic mass is 19.3. The molecule has 0 fully saturated rings. The largest absolute Gasteiger partial charge is 0.481 e. The Hall–Kier alpha value is -2.18. The smallest absolute Gasteiger partial charge is 0.387 e. The van der Waals surface area contributed by atoms with Crippen LogP contribution in [-0.4, -0.2) is 23.6 Å². The van der Waals surface area contributed by atoms with Crippen LogP contribution in [0.2, 0.25) is 0 Å². The molecule has 1 unspecified atom stereocenters. The van der Waals surface area contributed by atoms with E-state index in [4.69, 9.17) is 5.11 Å². The van der Waals surface area contributed by atoms with Gasteiger partial charge in [-0.25, -0.2) is 0 Å². The number of carboxylic acids is 1. The lowest BCUT2D eigenvalue weighted by Crippen LogP contribution is -2.33. The van der Waals surface area contributed by atoms with Crippen molar-refractivity contribution >= 4 is 11.9 Å². The summed E-state index contributed by atoms with van der Waals surface area (Å²) in [4.78, 5) is 22.0. The molecule has 1 amide bonds. The van der Waals surface area contributed by atoms with Gasteiger partial charge in [-0.3, -0.25) is 9.59 Å². The Morgan fingerprint density at radius 1 is 1.37 bits per heavy atom. The molecule has 7 heteroatoms. The van der Waals surface area contributed by atoms with Crippen molar-refractivity contribution in [2.45, 2.75) is 20.1 Å². The minimum Gasteiger partial charge on any atom is -0.481 e. The average Bonchev–Trinajstić information content (AvgIpc) is 2.35. The first kappa shape index (κ1) is 14.9. The van der Waals surface area contributed by atoms with Gasteiger partial charge in [0.25, 0.3) is 0 Å². The Labute approximate surface area is 108 Å². The second-order valence-corrected chi connectivity index (χ2v) is 3.76. The fourth-order valence-corrected chi connectivity index (χ4v) is 1.31. The van der Waals surface area contributed by atoms with Crippen LogP contribution in [0.3, 0.4) is 0 Å². The molecular formula is C12H13F2NO4. The van der Waals surface area contributed by atoms with Crippen LogP contribution in [-0.2, 0) is 16.1 Å². The zero-order valence-electron chi connectivity index (χ0n) is 10.1. The van der Waals surface area contributed by atoms with Crippen molar-refractivity contribution in [3.05, 3.63) is 29.8 Å². The van der Waals surface area contributed by atoms with E-state index in [1.54, 1.807) is 6.07 Å². The summed E-state index contributed by atoms with van der Waals surface area (Å²) in [6.07, 6.45) is 0. The molecule has 1 aromatic carbocycles. The maximum Gasteiger partial charge on any atom is 0.387 e. The molecule has 104 valence electrons. The fraction of sp³-hybridized carbons (Fsp3) is 0.333. The molecule has 0 heterocycles. The lowest BCUT2D eigenvalue weighted by Gasteiger charge is -2.12. The molecule has 5 nitrogen and oxygen atoms in total. The monoisotopic (exact) mass is 273 g/mol. The lowest BCUT2D eigenvalue weighted by atomic mass is 10.1. The van der Waals surface area contributed by atoms with Crippen LogP contribution in [0.1, 0.15) is 12.5 Å². The summed E-state index contributed by atoms with van der Waals surface area (Å²) in [5.74, 6) is -3.21. The molecule has 1 aromatic rings. The number of carbonyl (C=O) groups is 2. The number of hydrogen-bond acceptors (Lipinski definition) is 3. The molecule has 0 aliphatic rings. The average molecular weight is 273 g/mol. The number of nitrogens with one attached hydrogen (secondary N) is 1. The van der Waals surface area contributed by atoms with E-state index >= 15 is 0 Å². The summed E-state index contributed by atoms with van der Waals surface area (Å²) in [5.41, 5.74) is 0.341. The Morgan fingerprint density at radius 2 is 2.00 bits per heavy atom. The van der Waals surface area contributed by atoms with E-state index in [2.05, 4.69) is 10.1 Å². The van der Waals surface area contributed by atoms with E-state index in [9.17, 15) is 18.4 Å². The van der Waals surface area contributed by atoms with E-state index < -0.39 is 24.4 Å². The summed E-state index contributed by atoms with van der Waals surface area (Å²) < 4.78 is 28.6. The van der Waals surface area contributed by atoms with Crippen molar-refractivity contribution in [3.8, 4) is 5.75 Å². The van der Waals surface area contributed by atoms with Gasteiger partial charge in [0, 0.05) is 12.1 Å². The van der Waals surface area contributed by atoms with E-state index in [1.807, 2.05) is 0 Å². The number of alkyl halides is 2. The van der Waals surface area contributed by atoms with Crippen LogP contribution in [0.15, 0.2) is 24.3 Å². The van der Waals surface area contributed by atoms with E-state index in [0.717, 1.165) is 0 Å². The van der Waals surface area contributed by atoms with Gasteiger partial charge in [-0.2, -0.15) is 8.78 Å². The number of rotatable bonds is 6. The highest BCUT2D eigenvalue weighted by molar-refractivity contribution is 5.96. The molecule has 2 N–H and O–H groups in total. The molecular weight excluding hydrogens is 260 g/mol. The normalized spacial score (nSPS) is 12.0. The number of aliphatic carboxylic acids is 1. The highest BCUT2D eigenvalue weighted by Gasteiger charge is 2.20. The third kappa shape index (κ3) is 4.53. The Morgan fingerprint density at radius 3 is 2.58 bits per heavy atom. The molecule has 0 spiro atoms. The van der Waals surface area contributed by atoms with Crippen molar-refractivity contribution < 1.29 is 28.2 Å². The van der Waals surface area contributed by atoms with Gasteiger partial charge < -0.3 is 15.2 Å². The molecule has 0 aliphatic heterocycles. The van der Waals surface area contributed by atoms with Crippen LogP contribution in [0.5, 0.6) is 5.75 Å². The Bertz CT molecular complexity index is 465. The molecule has 1 atom stereocenters. The van der Waals surface area contributed by atoms with Gasteiger partial charge >= 0.3 is 12.6 Å². The van der Waals surface area contributed by atoms with Crippen LogP contribution < -0.4 is 10.1 Å². The predicted molar refractivity (Wildman–Crippen MR) is 61.7 cm³/mol. The van der Waals surface area contributed by atoms with Crippen LogP contribution >= 0.6 is 0 Å². The number of halogens is 2. The van der Waals surface area contributed by atoms with Gasteiger partial charge in [0.1, 0.15) is 11.7 Å². The molecule has 19 heavy (non-hydrogen) atoms. The van der Waals surface area contributed by atoms with E-state index in [-0.39, 0.29) is 12.3 Å². The van der Waals surface area contributed by atoms with Crippen LogP contribution in [0.4, 0.5) is 8.78 Å². The third-order valence-corrected chi connectivity index (χ3v) is 2.41. The Kier molecular flexibility index (Phi) is 5.23. The van der Waals surface area contributed by atoms with Gasteiger partial charge in [-0.1, -0.05) is 18.2 Å². The zero-order chi connectivity index (χ0) is 14.4. The number of hydrogen-bond donors (Lipinski definition) is 2. The van der Waals surface area contributed by atoms with E-state index in [1.165, 1.54) is 25.1 Å². The second kappa shape index (κ2) is 6.67. The summed E-state index contributed by atoms with van der Waals surface area (Å²) in [7, 11) is 0. The standard InChI is InChI=1S/C12H13F2NO4/c1-7(11(17)18)10(16)15-6-8-4-2-3-5-9(8)19-12(13)14/h2-5,7,12H,6H2,1H3,(H,15,16)(H,17,18). The van der Waals surface area contributed by atoms with Crippen molar-refractivity contribution in [3.63, 3.8) is 0 Å². The maximum absolute atomic E-state index is 12.1. The van der Waals surface area contributed by atoms with Gasteiger partial charge in [0.2, 0.25) is 5.91 Å². The molecule has 1 rings (SSSR count). The summed E-state index contributed by atoms with van der Waals surface area (Å²) >= 11 is 0. The van der Waals surface area contributed by atoms with Gasteiger partial charge in [-0.05, 0) is 13.0 Å². The van der Waals surface area contributed by atoms with Gasteiger partial charge in [0.15, 0.2) is 0 Å². The second-order valence-electron chi connectivity index (χ2n) is 3.76. The first-order valence-electron chi connectivity index (χ1n) is 5.45. The predicted octanol–water partition coefficient (Wildman–Crippen LogP) is 1.62. The molecule has 0 aromatic heterocycles. The molecule has 0 saturated carbocycles. The first-order valence-corrected chi connectivity index (χ1v) is 5.45. The minimum atomic E-state index is -2.96. The lowest BCUT2D eigenvalue weighted by molar-refractivity contribution is -0.146. The van der Waals surface area contributed by atoms with Crippen LogP contribution in [0, 0.1) is 5.92 Å². The van der Waals surface area contributed by atoms with Gasteiger partial charge in [-0.15, -0.1) is 0 Å². The van der Waals surface area contributed by atoms with E-state index in [0.29, 0.717) is 5.56 Å². The topological polar surface area (TPSA) is 75.6 Å². The number of carbonyl (C=O) groups excluding carboxylic acids is 1. The number of carboxylic acid groups (broad SMARTS) is 1. The van der Waals surface area contributed by atoms with Crippen LogP contribution in [0.25, 0.3) is 0 Å². The number of para-hydroxylation sites is 1. The third-order valence-electron chi connectivity index (χ3n) is 2.41. The number of amides is 1. The van der Waals surface area contributed by atoms with Crippen molar-refractivity contribution in [1.82, 2.24) is 5.32 Å². The molecule has 0 aliphatic carbocycles. The SMILES string of the molecule is CC(C(=O)O)C(=O)NCc1ccccc1OC(F)F. The summed E-state index contributed by atoms with van der Waals surface area (Å²) in [6, 6.07) is 5.96. The Balaban J connectivity index is 2.67. The summed E-state index contributed by atoms with van der Waals surface area (Å²) in [6.45, 7) is -1.81. The van der Waals surface area contributed by atoms with Crippen molar-refractivity contribution in [1.29, 1.82) is 0 Å². The van der Waals surface area contributed by atoms with Gasteiger partial charge in [0.05, 0.1) is 0 Å². The molecule has 0 radical (unpaired) electrons. The summed E-state index contributed by atoms with van der Waals surface area (Å²) in [5, 5.41) is 11.0. The number of benzene rings is 1. The highest BCUT2D eigenvalue weighted by Crippen LogP contribution is 2.20. The van der Waals surface area contributed by atoms with Crippen molar-refractivity contribution in [2.24, 2.45) is 5.92 Å². The first-order chi connectivity index (χ1) is 8.91. The minimum absolute atomic E-state index is 0.0548. The molecule has 0 bridgehead atoms. The maximum atomic E-state index is 12.1. The molecule has 0 saturated heterocycles. The number of ether oxygens (including phenoxy) is 1. The quantitative estimate of drug-likeness (QED) is 0.772. The zero-order valence-corrected chi connectivity index (χ0v) is 10.1.